The van der Waals surface area contributed by atoms with Gasteiger partial charge >= 0.3 is 5.97 Å². The number of carbonyl (C=O) groups excluding carboxylic acids is 1. The second-order valence-electron chi connectivity index (χ2n) is 4.22. The summed E-state index contributed by atoms with van der Waals surface area (Å²) in [6.45, 7) is -0.231. The van der Waals surface area contributed by atoms with Crippen LogP contribution in [-0.4, -0.2) is 5.97 Å². The molecule has 2 rings (SSSR count). The largest absolute Gasteiger partial charge is 0.457 e. The molecule has 0 spiro atoms. The molecular formula is C15H10ClFN2O2. The molecule has 0 heterocycles. The predicted molar refractivity (Wildman–Crippen MR) is 76.1 cm³/mol. The molecule has 0 aromatic heterocycles. The normalized spacial score (nSPS) is 9.95. The van der Waals surface area contributed by atoms with Gasteiger partial charge in [-0.05, 0) is 36.4 Å². The number of nitrogens with two attached hydrogens (primary N) is 1. The maximum atomic E-state index is 13.2. The molecule has 21 heavy (non-hydrogen) atoms. The molecule has 2 N–H and O–H groups in total. The monoisotopic (exact) mass is 304 g/mol. The summed E-state index contributed by atoms with van der Waals surface area (Å²) in [5.74, 6) is -1.20. The highest BCUT2D eigenvalue weighted by atomic mass is 35.5. The summed E-state index contributed by atoms with van der Waals surface area (Å²) < 4.78 is 18.2. The van der Waals surface area contributed by atoms with Crippen LogP contribution in [0.25, 0.3) is 0 Å². The van der Waals surface area contributed by atoms with Crippen LogP contribution in [0.1, 0.15) is 21.5 Å². The van der Waals surface area contributed by atoms with Crippen LogP contribution in [0.5, 0.6) is 0 Å². The quantitative estimate of drug-likeness (QED) is 0.697. The van der Waals surface area contributed by atoms with E-state index in [9.17, 15) is 9.18 Å². The minimum atomic E-state index is -0.692. The van der Waals surface area contributed by atoms with Gasteiger partial charge in [-0.3, -0.25) is 0 Å². The number of halogens is 2. The first kappa shape index (κ1) is 14.8. The first-order valence-corrected chi connectivity index (χ1v) is 6.29. The summed E-state index contributed by atoms with van der Waals surface area (Å²) >= 11 is 5.79. The fourth-order valence-corrected chi connectivity index (χ4v) is 1.89. The van der Waals surface area contributed by atoms with E-state index in [2.05, 4.69) is 0 Å². The van der Waals surface area contributed by atoms with Gasteiger partial charge in [0, 0.05) is 16.3 Å². The first-order chi connectivity index (χ1) is 10.0. The van der Waals surface area contributed by atoms with Crippen LogP contribution in [0.15, 0.2) is 36.4 Å². The third-order valence-electron chi connectivity index (χ3n) is 2.78. The van der Waals surface area contributed by atoms with Crippen molar-refractivity contribution in [3.05, 3.63) is 63.9 Å². The molecule has 0 amide bonds. The van der Waals surface area contributed by atoms with Crippen LogP contribution < -0.4 is 5.73 Å². The van der Waals surface area contributed by atoms with Crippen LogP contribution in [0.4, 0.5) is 10.1 Å². The lowest BCUT2D eigenvalue weighted by atomic mass is 10.1. The van der Waals surface area contributed by atoms with Gasteiger partial charge in [-0.15, -0.1) is 0 Å². The highest BCUT2D eigenvalue weighted by Gasteiger charge is 2.13. The minimum absolute atomic E-state index is 0.123. The number of benzene rings is 2. The molecule has 106 valence electrons. The summed E-state index contributed by atoms with van der Waals surface area (Å²) in [7, 11) is 0. The Hall–Kier alpha value is -2.58. The number of hydrogen-bond donors (Lipinski definition) is 1. The molecule has 0 saturated carbocycles. The Morgan fingerprint density at radius 3 is 2.81 bits per heavy atom. The number of hydrogen-bond acceptors (Lipinski definition) is 4. The molecule has 0 unspecified atom stereocenters. The number of anilines is 1. The van der Waals surface area contributed by atoms with Crippen molar-refractivity contribution in [2.75, 3.05) is 5.73 Å². The first-order valence-electron chi connectivity index (χ1n) is 5.92. The Kier molecular flexibility index (Phi) is 4.41. The molecule has 0 saturated heterocycles. The van der Waals surface area contributed by atoms with Crippen LogP contribution in [0, 0.1) is 17.1 Å². The van der Waals surface area contributed by atoms with Gasteiger partial charge in [0.2, 0.25) is 0 Å². The summed E-state index contributed by atoms with van der Waals surface area (Å²) in [5, 5.41) is 9.27. The zero-order valence-electron chi connectivity index (χ0n) is 10.8. The summed E-state index contributed by atoms with van der Waals surface area (Å²) in [4.78, 5) is 11.9. The highest BCUT2D eigenvalue weighted by molar-refractivity contribution is 6.31. The third kappa shape index (κ3) is 3.50. The maximum Gasteiger partial charge on any atom is 0.340 e. The molecule has 2 aromatic rings. The van der Waals surface area contributed by atoms with Crippen molar-refractivity contribution < 1.29 is 13.9 Å². The molecule has 0 aliphatic heterocycles. The van der Waals surface area contributed by atoms with Crippen molar-refractivity contribution in [1.82, 2.24) is 0 Å². The summed E-state index contributed by atoms with van der Waals surface area (Å²) in [6, 6.07) is 9.96. The van der Waals surface area contributed by atoms with E-state index in [0.29, 0.717) is 5.02 Å². The van der Waals surface area contributed by atoms with E-state index < -0.39 is 11.8 Å². The summed E-state index contributed by atoms with van der Waals surface area (Å²) in [5.41, 5.74) is 6.54. The predicted octanol–water partition coefficient (Wildman–Crippen LogP) is 3.29. The average Bonchev–Trinajstić information content (AvgIpc) is 2.47. The SMILES string of the molecule is N#Cc1ccc(F)cc1COC(=O)c1cc(Cl)ccc1N. The zero-order chi connectivity index (χ0) is 15.4. The lowest BCUT2D eigenvalue weighted by Crippen LogP contribution is -2.09. The molecule has 2 aromatic carbocycles. The Morgan fingerprint density at radius 1 is 1.33 bits per heavy atom. The van der Waals surface area contributed by atoms with E-state index in [4.69, 9.17) is 27.3 Å². The van der Waals surface area contributed by atoms with Crippen molar-refractivity contribution >= 4 is 23.3 Å². The van der Waals surface area contributed by atoms with Crippen LogP contribution >= 0.6 is 11.6 Å². The van der Waals surface area contributed by atoms with Gasteiger partial charge in [0.05, 0.1) is 17.2 Å². The van der Waals surface area contributed by atoms with E-state index in [1.807, 2.05) is 6.07 Å². The van der Waals surface area contributed by atoms with Crippen molar-refractivity contribution in [3.8, 4) is 6.07 Å². The van der Waals surface area contributed by atoms with Gasteiger partial charge in [0.1, 0.15) is 12.4 Å². The fraction of sp³-hybridized carbons (Fsp3) is 0.0667. The standard InChI is InChI=1S/C15H10ClFN2O2/c16-11-2-4-14(19)13(6-11)15(20)21-8-10-5-12(17)3-1-9(10)7-18/h1-6H,8,19H2. The van der Waals surface area contributed by atoms with E-state index in [1.165, 1.54) is 24.3 Å². The molecule has 0 aliphatic carbocycles. The molecule has 0 aliphatic rings. The van der Waals surface area contributed by atoms with Crippen molar-refractivity contribution in [2.24, 2.45) is 0 Å². The third-order valence-corrected chi connectivity index (χ3v) is 3.02. The Balaban J connectivity index is 2.17. The number of rotatable bonds is 3. The number of nitrogens with zero attached hydrogens (tertiary/aromatic N) is 1. The van der Waals surface area contributed by atoms with Crippen molar-refractivity contribution in [2.45, 2.75) is 6.61 Å². The Labute approximate surface area is 125 Å². The molecule has 6 heteroatoms. The molecule has 4 nitrogen and oxygen atoms in total. The van der Waals surface area contributed by atoms with Crippen LogP contribution in [0.2, 0.25) is 5.02 Å². The highest BCUT2D eigenvalue weighted by Crippen LogP contribution is 2.20. The van der Waals surface area contributed by atoms with E-state index in [0.717, 1.165) is 6.07 Å². The average molecular weight is 305 g/mol. The number of nitriles is 1. The van der Waals surface area contributed by atoms with Gasteiger partial charge in [-0.25, -0.2) is 9.18 Å². The number of nitrogen functional groups attached to an aromatic ring is 1. The number of esters is 1. The van der Waals surface area contributed by atoms with Crippen molar-refractivity contribution in [3.63, 3.8) is 0 Å². The van der Waals surface area contributed by atoms with E-state index in [-0.39, 0.29) is 29.0 Å². The lowest BCUT2D eigenvalue weighted by Gasteiger charge is -2.08. The molecule has 0 fully saturated rings. The minimum Gasteiger partial charge on any atom is -0.457 e. The Bertz CT molecular complexity index is 741. The Morgan fingerprint density at radius 2 is 2.10 bits per heavy atom. The molecule has 0 atom stereocenters. The van der Waals surface area contributed by atoms with Gasteiger partial charge < -0.3 is 10.5 Å². The van der Waals surface area contributed by atoms with Gasteiger partial charge in [-0.2, -0.15) is 5.26 Å². The van der Waals surface area contributed by atoms with E-state index >= 15 is 0 Å². The lowest BCUT2D eigenvalue weighted by molar-refractivity contribution is 0.0473. The molecule has 0 radical (unpaired) electrons. The van der Waals surface area contributed by atoms with Gasteiger partial charge in [0.25, 0.3) is 0 Å². The fourth-order valence-electron chi connectivity index (χ4n) is 1.72. The van der Waals surface area contributed by atoms with Crippen LogP contribution in [0.3, 0.4) is 0 Å². The smallest absolute Gasteiger partial charge is 0.340 e. The molecular weight excluding hydrogens is 295 g/mol. The van der Waals surface area contributed by atoms with Gasteiger partial charge in [-0.1, -0.05) is 11.6 Å². The maximum absolute atomic E-state index is 13.2. The second-order valence-corrected chi connectivity index (χ2v) is 4.66. The van der Waals surface area contributed by atoms with Crippen molar-refractivity contribution in [1.29, 1.82) is 5.26 Å². The summed E-state index contributed by atoms with van der Waals surface area (Å²) in [6.07, 6.45) is 0. The van der Waals surface area contributed by atoms with Gasteiger partial charge in [0.15, 0.2) is 0 Å². The zero-order valence-corrected chi connectivity index (χ0v) is 11.5. The number of ether oxygens (including phenoxy) is 1. The topological polar surface area (TPSA) is 76.1 Å². The second kappa shape index (κ2) is 6.25. The molecule has 0 bridgehead atoms. The van der Waals surface area contributed by atoms with Crippen LogP contribution in [-0.2, 0) is 11.3 Å². The number of carbonyl (C=O) groups is 1. The van der Waals surface area contributed by atoms with E-state index in [1.54, 1.807) is 6.07 Å².